The quantitative estimate of drug-likeness (QED) is 0.134. The van der Waals surface area contributed by atoms with Gasteiger partial charge in [-0.05, 0) is 103 Å². The zero-order valence-electron chi connectivity index (χ0n) is 32.0. The Morgan fingerprint density at radius 2 is 1.59 bits per heavy atom. The molecule has 1 aliphatic rings. The van der Waals surface area contributed by atoms with Gasteiger partial charge in [0.05, 0.1) is 32.4 Å². The second-order valence-corrected chi connectivity index (χ2v) is 16.3. The molecule has 1 aromatic heterocycles. The molecule has 3 amide bonds. The van der Waals surface area contributed by atoms with Gasteiger partial charge in [-0.3, -0.25) is 14.4 Å². The number of aromatic nitrogens is 2. The molecular formula is C44H40ClN5O7S. The second kappa shape index (κ2) is 16.3. The number of halogens is 1. The number of fused-ring (bicyclic) bond motifs is 2. The average Bonchev–Trinajstić information content (AvgIpc) is 3.52. The first-order valence-corrected chi connectivity index (χ1v) is 20.6. The van der Waals surface area contributed by atoms with E-state index in [1.807, 2.05) is 43.3 Å². The van der Waals surface area contributed by atoms with Gasteiger partial charge in [0, 0.05) is 30.9 Å². The summed E-state index contributed by atoms with van der Waals surface area (Å²) in [6.07, 6.45) is 2.01. The number of carbonyl (C=O) groups excluding carboxylic acids is 3. The van der Waals surface area contributed by atoms with Crippen molar-refractivity contribution in [3.63, 3.8) is 0 Å². The van der Waals surface area contributed by atoms with Crippen LogP contribution in [0.4, 0.5) is 5.69 Å². The lowest BCUT2D eigenvalue weighted by Gasteiger charge is -2.29. The van der Waals surface area contributed by atoms with Crippen LogP contribution in [0.2, 0.25) is 5.02 Å². The van der Waals surface area contributed by atoms with Gasteiger partial charge < -0.3 is 14.9 Å². The highest BCUT2D eigenvalue weighted by Gasteiger charge is 2.31. The van der Waals surface area contributed by atoms with E-state index in [2.05, 4.69) is 9.82 Å². The number of sulfonamides is 1. The van der Waals surface area contributed by atoms with Gasteiger partial charge in [-0.25, -0.2) is 22.6 Å². The predicted molar refractivity (Wildman–Crippen MR) is 222 cm³/mol. The van der Waals surface area contributed by atoms with Crippen LogP contribution in [0.3, 0.4) is 0 Å². The minimum absolute atomic E-state index is 0.0407. The fourth-order valence-electron chi connectivity index (χ4n) is 7.15. The Bertz CT molecular complexity index is 2750. The van der Waals surface area contributed by atoms with E-state index in [1.165, 1.54) is 46.0 Å². The molecule has 2 N–H and O–H groups in total. The molecular weight excluding hydrogens is 778 g/mol. The highest BCUT2D eigenvalue weighted by atomic mass is 35.5. The largest absolute Gasteiger partial charge is 0.478 e. The minimum Gasteiger partial charge on any atom is -0.478 e. The SMILES string of the molecule is CCCCN(C(=O)c1nn(-c2ccc(C(=O)NS(=O)(=O)c3ccc4ccccc4c3)cc2C(=O)N2CCc3ccccc3C2)c(C)c1Cl)c1ccc(C(=O)O)c(C)c1. The second-order valence-electron chi connectivity index (χ2n) is 14.2. The van der Waals surface area contributed by atoms with Crippen LogP contribution in [0.25, 0.3) is 16.5 Å². The van der Waals surface area contributed by atoms with Gasteiger partial charge in [0.2, 0.25) is 0 Å². The number of hydrogen-bond acceptors (Lipinski definition) is 7. The molecule has 5 aromatic carbocycles. The maximum atomic E-state index is 14.6. The fourth-order valence-corrected chi connectivity index (χ4v) is 8.36. The number of carboxylic acid groups (broad SMARTS) is 1. The Morgan fingerprint density at radius 3 is 2.31 bits per heavy atom. The summed E-state index contributed by atoms with van der Waals surface area (Å²) in [6, 6.07) is 28.5. The third-order valence-electron chi connectivity index (χ3n) is 10.4. The van der Waals surface area contributed by atoms with Crippen molar-refractivity contribution in [2.75, 3.05) is 18.0 Å². The van der Waals surface area contributed by atoms with Crippen molar-refractivity contribution in [2.45, 2.75) is 51.5 Å². The number of aryl methyl sites for hydroxylation is 1. The lowest BCUT2D eigenvalue weighted by molar-refractivity contribution is 0.0693. The third kappa shape index (κ3) is 7.83. The Hall–Kier alpha value is -6.31. The average molecular weight is 818 g/mol. The molecule has 7 rings (SSSR count). The van der Waals surface area contributed by atoms with E-state index in [9.17, 15) is 32.7 Å². The molecule has 0 fully saturated rings. The Labute approximate surface area is 340 Å². The number of benzene rings is 5. The summed E-state index contributed by atoms with van der Waals surface area (Å²) in [5.41, 5.74) is 3.58. The van der Waals surface area contributed by atoms with Crippen molar-refractivity contribution >= 4 is 61.8 Å². The number of aromatic carboxylic acids is 1. The number of nitrogens with one attached hydrogen (secondary N) is 1. The molecule has 6 aromatic rings. The number of amides is 3. The van der Waals surface area contributed by atoms with Crippen LogP contribution >= 0.6 is 11.6 Å². The molecule has 0 saturated carbocycles. The van der Waals surface area contributed by atoms with E-state index in [0.717, 1.165) is 22.9 Å². The highest BCUT2D eigenvalue weighted by molar-refractivity contribution is 7.90. The molecule has 58 heavy (non-hydrogen) atoms. The first-order chi connectivity index (χ1) is 27.8. The van der Waals surface area contributed by atoms with Crippen molar-refractivity contribution in [1.29, 1.82) is 0 Å². The zero-order valence-corrected chi connectivity index (χ0v) is 33.6. The van der Waals surface area contributed by atoms with E-state index in [0.29, 0.717) is 54.8 Å². The number of carbonyl (C=O) groups is 4. The van der Waals surface area contributed by atoms with E-state index in [-0.39, 0.29) is 38.0 Å². The molecule has 1 aliphatic heterocycles. The van der Waals surface area contributed by atoms with Crippen LogP contribution in [0, 0.1) is 13.8 Å². The maximum Gasteiger partial charge on any atom is 0.335 e. The molecule has 0 aliphatic carbocycles. The van der Waals surface area contributed by atoms with E-state index >= 15 is 0 Å². The van der Waals surface area contributed by atoms with Crippen molar-refractivity contribution in [2.24, 2.45) is 0 Å². The lowest BCUT2D eigenvalue weighted by Crippen LogP contribution is -2.37. The molecule has 0 saturated heterocycles. The predicted octanol–water partition coefficient (Wildman–Crippen LogP) is 7.76. The van der Waals surface area contributed by atoms with Gasteiger partial charge in [0.1, 0.15) is 0 Å². The van der Waals surface area contributed by atoms with Crippen LogP contribution in [-0.2, 0) is 23.0 Å². The Morgan fingerprint density at radius 1 is 0.862 bits per heavy atom. The number of unbranched alkanes of at least 4 members (excludes halogenated alkanes) is 1. The standard InChI is InChI=1S/C44H40ClN5O7S/c1-4-5-21-49(34-16-18-36(44(54)55)27(2)23-34)43(53)40-39(45)28(3)50(46-40)38-19-15-32(25-37(38)42(52)48-22-20-30-11-7-9-13-33(30)26-48)41(51)47-58(56,57)35-17-14-29-10-6-8-12-31(29)24-35/h6-19,23-25H,4-5,20-22,26H2,1-3H3,(H,47,51)(H,54,55). The smallest absolute Gasteiger partial charge is 0.335 e. The number of nitrogens with zero attached hydrogens (tertiary/aromatic N) is 4. The van der Waals surface area contributed by atoms with Crippen LogP contribution in [0.15, 0.2) is 108 Å². The van der Waals surface area contributed by atoms with Gasteiger partial charge in [-0.15, -0.1) is 0 Å². The summed E-state index contributed by atoms with van der Waals surface area (Å²) >= 11 is 6.87. The molecule has 0 bridgehead atoms. The van der Waals surface area contributed by atoms with Gasteiger partial charge in [-0.2, -0.15) is 5.10 Å². The number of carboxylic acids is 1. The van der Waals surface area contributed by atoms with E-state index in [1.54, 1.807) is 49.1 Å². The van der Waals surface area contributed by atoms with Crippen molar-refractivity contribution in [3.8, 4) is 5.69 Å². The van der Waals surface area contributed by atoms with Crippen LogP contribution in [-0.4, -0.2) is 65.0 Å². The summed E-state index contributed by atoms with van der Waals surface area (Å²) in [7, 11) is -4.32. The first kappa shape index (κ1) is 39.9. The number of anilines is 1. The fraction of sp³-hybridized carbons (Fsp3) is 0.205. The normalized spacial score (nSPS) is 12.6. The summed E-state index contributed by atoms with van der Waals surface area (Å²) in [6.45, 7) is 6.28. The third-order valence-corrected chi connectivity index (χ3v) is 12.2. The Kier molecular flexibility index (Phi) is 11.2. The summed E-state index contributed by atoms with van der Waals surface area (Å²) in [5, 5.41) is 15.8. The number of rotatable bonds is 11. The summed E-state index contributed by atoms with van der Waals surface area (Å²) < 4.78 is 30.5. The van der Waals surface area contributed by atoms with Crippen molar-refractivity contribution < 1.29 is 32.7 Å². The lowest BCUT2D eigenvalue weighted by atomic mass is 9.98. The minimum atomic E-state index is -4.32. The molecule has 14 heteroatoms. The summed E-state index contributed by atoms with van der Waals surface area (Å²) in [5.74, 6) is -2.99. The van der Waals surface area contributed by atoms with Gasteiger partial charge in [0.15, 0.2) is 5.69 Å². The van der Waals surface area contributed by atoms with Gasteiger partial charge in [-0.1, -0.05) is 79.5 Å². The van der Waals surface area contributed by atoms with Crippen molar-refractivity contribution in [1.82, 2.24) is 19.4 Å². The van der Waals surface area contributed by atoms with Gasteiger partial charge >= 0.3 is 5.97 Å². The molecule has 296 valence electrons. The monoisotopic (exact) mass is 817 g/mol. The Balaban J connectivity index is 1.27. The van der Waals surface area contributed by atoms with Crippen molar-refractivity contribution in [3.05, 3.63) is 153 Å². The molecule has 0 spiro atoms. The van der Waals surface area contributed by atoms with Gasteiger partial charge in [0.25, 0.3) is 27.7 Å². The van der Waals surface area contributed by atoms with E-state index < -0.39 is 33.7 Å². The topological polar surface area (TPSA) is 159 Å². The zero-order chi connectivity index (χ0) is 41.3. The molecule has 12 nitrogen and oxygen atoms in total. The molecule has 0 unspecified atom stereocenters. The van der Waals surface area contributed by atoms with Crippen LogP contribution < -0.4 is 9.62 Å². The highest BCUT2D eigenvalue weighted by Crippen LogP contribution is 2.31. The number of hydrogen-bond donors (Lipinski definition) is 2. The molecule has 0 radical (unpaired) electrons. The first-order valence-electron chi connectivity index (χ1n) is 18.7. The maximum absolute atomic E-state index is 14.6. The summed E-state index contributed by atoms with van der Waals surface area (Å²) in [4.78, 5) is 57.3. The van der Waals surface area contributed by atoms with Crippen LogP contribution in [0.5, 0.6) is 0 Å². The van der Waals surface area contributed by atoms with Crippen LogP contribution in [0.1, 0.15) is 83.7 Å². The molecule has 2 heterocycles. The molecule has 0 atom stereocenters. The van der Waals surface area contributed by atoms with E-state index in [4.69, 9.17) is 11.6 Å².